The van der Waals surface area contributed by atoms with Crippen molar-refractivity contribution in [2.75, 3.05) is 13.7 Å². The van der Waals surface area contributed by atoms with E-state index < -0.39 is 0 Å². The zero-order valence-corrected chi connectivity index (χ0v) is 10.6. The molecule has 1 rings (SSSR count). The summed E-state index contributed by atoms with van der Waals surface area (Å²) >= 11 is 0. The molecular weight excluding hydrogens is 204 g/mol. The third-order valence-electron chi connectivity index (χ3n) is 3.12. The zero-order valence-electron chi connectivity index (χ0n) is 10.6. The summed E-state index contributed by atoms with van der Waals surface area (Å²) in [4.78, 5) is 11.9. The molecule has 1 amide bonds. The van der Waals surface area contributed by atoms with Gasteiger partial charge in [-0.3, -0.25) is 4.79 Å². The van der Waals surface area contributed by atoms with Crippen molar-refractivity contribution in [3.8, 4) is 0 Å². The zero-order chi connectivity index (χ0) is 12.0. The molecule has 4 heteroatoms. The van der Waals surface area contributed by atoms with Crippen molar-refractivity contribution in [1.82, 2.24) is 10.6 Å². The molecule has 0 aromatic rings. The van der Waals surface area contributed by atoms with Gasteiger partial charge in [0.1, 0.15) is 0 Å². The van der Waals surface area contributed by atoms with Crippen molar-refractivity contribution in [3.05, 3.63) is 0 Å². The molecule has 3 atom stereocenters. The monoisotopic (exact) mass is 228 g/mol. The molecular formula is C12H24N2O2. The number of hydrogen-bond acceptors (Lipinski definition) is 3. The van der Waals surface area contributed by atoms with E-state index >= 15 is 0 Å². The van der Waals surface area contributed by atoms with E-state index in [2.05, 4.69) is 24.5 Å². The number of nitrogens with one attached hydrogen (secondary N) is 2. The summed E-state index contributed by atoms with van der Waals surface area (Å²) in [5.41, 5.74) is 0. The lowest BCUT2D eigenvalue weighted by Gasteiger charge is -2.16. The molecule has 0 radical (unpaired) electrons. The van der Waals surface area contributed by atoms with Crippen molar-refractivity contribution < 1.29 is 9.53 Å². The van der Waals surface area contributed by atoms with Crippen LogP contribution in [0.5, 0.6) is 0 Å². The average Bonchev–Trinajstić information content (AvgIpc) is 2.74. The maximum atomic E-state index is 11.9. The van der Waals surface area contributed by atoms with E-state index in [9.17, 15) is 4.79 Å². The second-order valence-corrected chi connectivity index (χ2v) is 4.61. The van der Waals surface area contributed by atoms with Gasteiger partial charge in [-0.05, 0) is 19.8 Å². The molecule has 0 aliphatic carbocycles. The SMILES string of the molecule is CCCCC(C)NC(=O)C1CC(OC)CN1. The molecule has 0 bridgehead atoms. The molecule has 94 valence electrons. The molecule has 0 saturated carbocycles. The first-order valence-corrected chi connectivity index (χ1v) is 6.24. The van der Waals surface area contributed by atoms with Crippen LogP contribution in [0.1, 0.15) is 39.5 Å². The van der Waals surface area contributed by atoms with E-state index in [0.29, 0.717) is 0 Å². The lowest BCUT2D eigenvalue weighted by molar-refractivity contribution is -0.123. The highest BCUT2D eigenvalue weighted by molar-refractivity contribution is 5.82. The summed E-state index contributed by atoms with van der Waals surface area (Å²) in [6.45, 7) is 5.00. The van der Waals surface area contributed by atoms with Gasteiger partial charge >= 0.3 is 0 Å². The van der Waals surface area contributed by atoms with Gasteiger partial charge in [-0.15, -0.1) is 0 Å². The predicted octanol–water partition coefficient (Wildman–Crippen LogP) is 1.06. The molecule has 4 nitrogen and oxygen atoms in total. The number of amides is 1. The minimum atomic E-state index is -0.0750. The lowest BCUT2D eigenvalue weighted by atomic mass is 10.1. The van der Waals surface area contributed by atoms with Crippen LogP contribution in [0.3, 0.4) is 0 Å². The van der Waals surface area contributed by atoms with E-state index in [1.807, 2.05) is 0 Å². The first-order valence-electron chi connectivity index (χ1n) is 6.24. The second-order valence-electron chi connectivity index (χ2n) is 4.61. The number of carbonyl (C=O) groups is 1. The van der Waals surface area contributed by atoms with E-state index in [1.165, 1.54) is 12.8 Å². The molecule has 2 N–H and O–H groups in total. The van der Waals surface area contributed by atoms with Crippen LogP contribution in [0.25, 0.3) is 0 Å². The van der Waals surface area contributed by atoms with Gasteiger partial charge in [0.2, 0.25) is 5.91 Å². The third kappa shape index (κ3) is 4.10. The van der Waals surface area contributed by atoms with E-state index in [0.717, 1.165) is 19.4 Å². The van der Waals surface area contributed by atoms with Crippen LogP contribution in [-0.4, -0.2) is 37.7 Å². The largest absolute Gasteiger partial charge is 0.380 e. The van der Waals surface area contributed by atoms with Crippen molar-refractivity contribution in [1.29, 1.82) is 0 Å². The quantitative estimate of drug-likeness (QED) is 0.714. The Bertz CT molecular complexity index is 221. The van der Waals surface area contributed by atoms with Crippen LogP contribution in [0.4, 0.5) is 0 Å². The molecule has 16 heavy (non-hydrogen) atoms. The fourth-order valence-electron chi connectivity index (χ4n) is 2.01. The Hall–Kier alpha value is -0.610. The summed E-state index contributed by atoms with van der Waals surface area (Å²) in [7, 11) is 1.69. The molecule has 0 aromatic carbocycles. The Morgan fingerprint density at radius 1 is 1.62 bits per heavy atom. The highest BCUT2D eigenvalue weighted by Gasteiger charge is 2.29. The minimum absolute atomic E-state index is 0.0750. The summed E-state index contributed by atoms with van der Waals surface area (Å²) < 4.78 is 5.22. The van der Waals surface area contributed by atoms with Crippen LogP contribution in [0.2, 0.25) is 0 Å². The Kier molecular flexibility index (Phi) is 5.77. The van der Waals surface area contributed by atoms with Crippen LogP contribution in [0, 0.1) is 0 Å². The highest BCUT2D eigenvalue weighted by Crippen LogP contribution is 2.10. The number of ether oxygens (including phenoxy) is 1. The van der Waals surface area contributed by atoms with Gasteiger partial charge in [0.15, 0.2) is 0 Å². The van der Waals surface area contributed by atoms with Gasteiger partial charge < -0.3 is 15.4 Å². The van der Waals surface area contributed by atoms with Crippen molar-refractivity contribution >= 4 is 5.91 Å². The number of carbonyl (C=O) groups excluding carboxylic acids is 1. The predicted molar refractivity (Wildman–Crippen MR) is 64.3 cm³/mol. The molecule has 1 fully saturated rings. The number of hydrogen-bond donors (Lipinski definition) is 2. The van der Waals surface area contributed by atoms with Gasteiger partial charge in [0.05, 0.1) is 12.1 Å². The van der Waals surface area contributed by atoms with E-state index in [4.69, 9.17) is 4.74 Å². The number of rotatable bonds is 6. The smallest absolute Gasteiger partial charge is 0.237 e. The van der Waals surface area contributed by atoms with Crippen molar-refractivity contribution in [3.63, 3.8) is 0 Å². The Morgan fingerprint density at radius 3 is 2.94 bits per heavy atom. The molecule has 0 aromatic heterocycles. The van der Waals surface area contributed by atoms with Gasteiger partial charge in [-0.1, -0.05) is 19.8 Å². The first-order chi connectivity index (χ1) is 7.67. The van der Waals surface area contributed by atoms with Crippen LogP contribution in [0.15, 0.2) is 0 Å². The number of methoxy groups -OCH3 is 1. The third-order valence-corrected chi connectivity index (χ3v) is 3.12. The summed E-state index contributed by atoms with van der Waals surface area (Å²) in [5, 5.41) is 6.23. The van der Waals surface area contributed by atoms with Crippen LogP contribution >= 0.6 is 0 Å². The molecule has 0 spiro atoms. The maximum Gasteiger partial charge on any atom is 0.237 e. The molecule has 1 saturated heterocycles. The van der Waals surface area contributed by atoms with Crippen molar-refractivity contribution in [2.24, 2.45) is 0 Å². The summed E-state index contributed by atoms with van der Waals surface area (Å²) in [6, 6.07) is 0.199. The molecule has 1 aliphatic rings. The Balaban J connectivity index is 2.24. The maximum absolute atomic E-state index is 11.9. The topological polar surface area (TPSA) is 50.4 Å². The highest BCUT2D eigenvalue weighted by atomic mass is 16.5. The second kappa shape index (κ2) is 6.86. The molecule has 1 heterocycles. The van der Waals surface area contributed by atoms with E-state index in [1.54, 1.807) is 7.11 Å². The van der Waals surface area contributed by atoms with Gasteiger partial charge in [-0.25, -0.2) is 0 Å². The molecule has 1 aliphatic heterocycles. The first kappa shape index (κ1) is 13.5. The van der Waals surface area contributed by atoms with Gasteiger partial charge in [0, 0.05) is 19.7 Å². The standard InChI is InChI=1S/C12H24N2O2/c1-4-5-6-9(2)14-12(15)11-7-10(16-3)8-13-11/h9-11,13H,4-8H2,1-3H3,(H,14,15). The summed E-state index contributed by atoms with van der Waals surface area (Å²) in [5.74, 6) is 0.114. The lowest BCUT2D eigenvalue weighted by Crippen LogP contribution is -2.44. The summed E-state index contributed by atoms with van der Waals surface area (Å²) in [6.07, 6.45) is 4.36. The fourth-order valence-corrected chi connectivity index (χ4v) is 2.01. The van der Waals surface area contributed by atoms with Crippen LogP contribution < -0.4 is 10.6 Å². The van der Waals surface area contributed by atoms with Crippen LogP contribution in [-0.2, 0) is 9.53 Å². The minimum Gasteiger partial charge on any atom is -0.380 e. The Morgan fingerprint density at radius 2 is 2.38 bits per heavy atom. The van der Waals surface area contributed by atoms with Gasteiger partial charge in [-0.2, -0.15) is 0 Å². The molecule has 3 unspecified atom stereocenters. The fraction of sp³-hybridized carbons (Fsp3) is 0.917. The average molecular weight is 228 g/mol. The number of unbranched alkanes of at least 4 members (excludes halogenated alkanes) is 1. The van der Waals surface area contributed by atoms with Crippen molar-refractivity contribution in [2.45, 2.75) is 57.7 Å². The van der Waals surface area contributed by atoms with Gasteiger partial charge in [0.25, 0.3) is 0 Å². The van der Waals surface area contributed by atoms with E-state index in [-0.39, 0.29) is 24.1 Å². The Labute approximate surface area is 98.1 Å². The normalized spacial score (nSPS) is 26.7.